The molecule has 0 saturated heterocycles. The Hall–Kier alpha value is -4.97. The summed E-state index contributed by atoms with van der Waals surface area (Å²) < 4.78 is 15.8. The van der Waals surface area contributed by atoms with E-state index in [0.717, 1.165) is 43.4 Å². The number of fused-ring (bicyclic) bond motifs is 6. The van der Waals surface area contributed by atoms with Gasteiger partial charge in [0.2, 0.25) is 0 Å². The molecular formula is C42H31OP. The second-order valence-corrected chi connectivity index (χ2v) is 14.5. The Bertz CT molecular complexity index is 2370. The molecule has 8 aromatic carbocycles. The van der Waals surface area contributed by atoms with Crippen molar-refractivity contribution in [3.63, 3.8) is 0 Å². The highest BCUT2D eigenvalue weighted by Crippen LogP contribution is 2.47. The first-order valence-corrected chi connectivity index (χ1v) is 16.8. The number of aryl methyl sites for hydroxylation is 2. The molecule has 0 aliphatic rings. The highest BCUT2D eigenvalue weighted by molar-refractivity contribution is 7.85. The lowest BCUT2D eigenvalue weighted by Gasteiger charge is -2.24. The van der Waals surface area contributed by atoms with Crippen LogP contribution in [0.3, 0.4) is 0 Å². The maximum absolute atomic E-state index is 15.8. The van der Waals surface area contributed by atoms with Crippen molar-refractivity contribution in [2.75, 3.05) is 0 Å². The van der Waals surface area contributed by atoms with Gasteiger partial charge < -0.3 is 4.57 Å². The first-order chi connectivity index (χ1) is 21.5. The smallest absolute Gasteiger partial charge is 0.171 e. The van der Waals surface area contributed by atoms with Gasteiger partial charge in [-0.05, 0) is 74.1 Å². The lowest BCUT2D eigenvalue weighted by Crippen LogP contribution is -2.26. The fourth-order valence-corrected chi connectivity index (χ4v) is 9.63. The fraction of sp³-hybridized carbons (Fsp3) is 0.0476. The molecule has 0 saturated carbocycles. The van der Waals surface area contributed by atoms with Crippen LogP contribution in [0, 0.1) is 13.8 Å². The van der Waals surface area contributed by atoms with E-state index >= 15 is 4.57 Å². The Labute approximate surface area is 257 Å². The summed E-state index contributed by atoms with van der Waals surface area (Å²) in [5.41, 5.74) is 4.65. The SMILES string of the molecule is Cc1ccc(P(=O)(c2ccc(C)cc2)c2ccc(-c3cccc4ccc5ccccc5c34)c3c2ccc2ccccc23)cc1. The minimum absolute atomic E-state index is 0.852. The molecule has 0 atom stereocenters. The molecule has 0 amide bonds. The Balaban J connectivity index is 1.52. The largest absolute Gasteiger partial charge is 0.309 e. The van der Waals surface area contributed by atoms with Crippen molar-refractivity contribution in [3.05, 3.63) is 163 Å². The van der Waals surface area contributed by atoms with E-state index in [1.807, 2.05) is 24.3 Å². The zero-order chi connectivity index (χ0) is 29.8. The first-order valence-electron chi connectivity index (χ1n) is 15.1. The summed E-state index contributed by atoms with van der Waals surface area (Å²) in [7, 11) is -3.24. The molecular weight excluding hydrogens is 551 g/mol. The minimum Gasteiger partial charge on any atom is -0.309 e. The predicted molar refractivity (Wildman–Crippen MR) is 191 cm³/mol. The quantitative estimate of drug-likeness (QED) is 0.149. The summed E-state index contributed by atoms with van der Waals surface area (Å²) in [4.78, 5) is 0. The van der Waals surface area contributed by atoms with Crippen LogP contribution < -0.4 is 15.9 Å². The van der Waals surface area contributed by atoms with Gasteiger partial charge in [0.15, 0.2) is 7.14 Å². The Kier molecular flexibility index (Phi) is 6.26. The molecule has 1 nitrogen and oxygen atoms in total. The summed E-state index contributed by atoms with van der Waals surface area (Å²) in [5.74, 6) is 0. The molecule has 0 heterocycles. The molecule has 0 fully saturated rings. The maximum atomic E-state index is 15.8. The van der Waals surface area contributed by atoms with Crippen LogP contribution in [0.4, 0.5) is 0 Å². The van der Waals surface area contributed by atoms with Gasteiger partial charge in [-0.25, -0.2) is 0 Å². The summed E-state index contributed by atoms with van der Waals surface area (Å²) in [6, 6.07) is 53.4. The summed E-state index contributed by atoms with van der Waals surface area (Å²) in [6.07, 6.45) is 0. The van der Waals surface area contributed by atoms with E-state index in [-0.39, 0.29) is 0 Å². The van der Waals surface area contributed by atoms with Crippen molar-refractivity contribution in [1.82, 2.24) is 0 Å². The summed E-state index contributed by atoms with van der Waals surface area (Å²) in [5, 5.41) is 12.0. The van der Waals surface area contributed by atoms with E-state index in [0.29, 0.717) is 0 Å². The zero-order valence-corrected chi connectivity index (χ0v) is 25.7. The first kappa shape index (κ1) is 26.6. The van der Waals surface area contributed by atoms with Crippen LogP contribution in [0.25, 0.3) is 54.2 Å². The maximum Gasteiger partial charge on any atom is 0.171 e. The van der Waals surface area contributed by atoms with Crippen molar-refractivity contribution in [1.29, 1.82) is 0 Å². The minimum atomic E-state index is -3.24. The van der Waals surface area contributed by atoms with Crippen LogP contribution >= 0.6 is 7.14 Å². The number of hydrogen-bond acceptors (Lipinski definition) is 1. The van der Waals surface area contributed by atoms with Gasteiger partial charge in [0, 0.05) is 15.9 Å². The van der Waals surface area contributed by atoms with Crippen molar-refractivity contribution >= 4 is 66.1 Å². The second kappa shape index (κ2) is 10.3. The summed E-state index contributed by atoms with van der Waals surface area (Å²) in [6.45, 7) is 4.15. The average molecular weight is 583 g/mol. The third-order valence-corrected chi connectivity index (χ3v) is 12.2. The Morgan fingerprint density at radius 1 is 0.386 bits per heavy atom. The molecule has 0 aliphatic heterocycles. The molecule has 210 valence electrons. The molecule has 2 heteroatoms. The van der Waals surface area contributed by atoms with Crippen molar-refractivity contribution in [2.45, 2.75) is 13.8 Å². The summed E-state index contributed by atoms with van der Waals surface area (Å²) >= 11 is 0. The third-order valence-electron chi connectivity index (χ3n) is 9.08. The van der Waals surface area contributed by atoms with E-state index in [4.69, 9.17) is 0 Å². The zero-order valence-electron chi connectivity index (χ0n) is 24.8. The van der Waals surface area contributed by atoms with Crippen molar-refractivity contribution in [2.24, 2.45) is 0 Å². The highest BCUT2D eigenvalue weighted by atomic mass is 31.2. The number of rotatable bonds is 4. The van der Waals surface area contributed by atoms with Crippen molar-refractivity contribution < 1.29 is 4.57 Å². The Morgan fingerprint density at radius 2 is 0.886 bits per heavy atom. The average Bonchev–Trinajstić information content (AvgIpc) is 3.07. The normalized spacial score (nSPS) is 12.0. The molecule has 0 N–H and O–H groups in total. The molecule has 44 heavy (non-hydrogen) atoms. The van der Waals surface area contributed by atoms with E-state index in [1.165, 1.54) is 37.9 Å². The molecule has 0 bridgehead atoms. The molecule has 0 unspecified atom stereocenters. The van der Waals surface area contributed by atoms with Crippen LogP contribution in [0.15, 0.2) is 152 Å². The predicted octanol–water partition coefficient (Wildman–Crippen LogP) is 10.2. The topological polar surface area (TPSA) is 17.1 Å². The molecule has 8 rings (SSSR count). The van der Waals surface area contributed by atoms with E-state index in [2.05, 4.69) is 141 Å². The highest BCUT2D eigenvalue weighted by Gasteiger charge is 2.32. The van der Waals surface area contributed by atoms with Gasteiger partial charge in [0.25, 0.3) is 0 Å². The van der Waals surface area contributed by atoms with E-state index < -0.39 is 7.14 Å². The molecule has 0 aromatic heterocycles. The van der Waals surface area contributed by atoms with Crippen molar-refractivity contribution in [3.8, 4) is 11.1 Å². The standard InChI is InChI=1S/C42H31OP/c1-28-14-21-33(22-15-28)44(43,34-23-16-29(2)17-24-34)40-27-26-38(42-36-12-6-4-9-31(36)20-25-39(40)42)37-13-7-10-32-19-18-30-8-3-5-11-35(30)41(32)37/h3-27H,1-2H3. The van der Waals surface area contributed by atoms with Crippen LogP contribution in [0.2, 0.25) is 0 Å². The monoisotopic (exact) mass is 582 g/mol. The van der Waals surface area contributed by atoms with Gasteiger partial charge in [-0.1, -0.05) is 157 Å². The van der Waals surface area contributed by atoms with Gasteiger partial charge in [-0.2, -0.15) is 0 Å². The van der Waals surface area contributed by atoms with Crippen LogP contribution in [0.1, 0.15) is 11.1 Å². The Morgan fingerprint density at radius 3 is 1.52 bits per heavy atom. The lowest BCUT2D eigenvalue weighted by atomic mass is 9.89. The number of benzene rings is 8. The lowest BCUT2D eigenvalue weighted by molar-refractivity contribution is 0.592. The van der Waals surface area contributed by atoms with Crippen LogP contribution in [-0.4, -0.2) is 0 Å². The van der Waals surface area contributed by atoms with E-state index in [9.17, 15) is 0 Å². The van der Waals surface area contributed by atoms with E-state index in [1.54, 1.807) is 0 Å². The van der Waals surface area contributed by atoms with Gasteiger partial charge in [0.05, 0.1) is 0 Å². The molecule has 8 aromatic rings. The van der Waals surface area contributed by atoms with Crippen LogP contribution in [-0.2, 0) is 4.57 Å². The van der Waals surface area contributed by atoms with Crippen LogP contribution in [0.5, 0.6) is 0 Å². The molecule has 0 spiro atoms. The van der Waals surface area contributed by atoms with Gasteiger partial charge >= 0.3 is 0 Å². The van der Waals surface area contributed by atoms with Gasteiger partial charge in [-0.15, -0.1) is 0 Å². The third kappa shape index (κ3) is 4.12. The number of hydrogen-bond donors (Lipinski definition) is 0. The second-order valence-electron chi connectivity index (χ2n) is 11.8. The van der Waals surface area contributed by atoms with Gasteiger partial charge in [0.1, 0.15) is 0 Å². The molecule has 0 aliphatic carbocycles. The molecule has 0 radical (unpaired) electrons. The fourth-order valence-electron chi connectivity index (χ4n) is 6.83. The van der Waals surface area contributed by atoms with Gasteiger partial charge in [-0.3, -0.25) is 0 Å².